The lowest BCUT2D eigenvalue weighted by atomic mass is 9.97. The van der Waals surface area contributed by atoms with Gasteiger partial charge in [0.2, 0.25) is 0 Å². The van der Waals surface area contributed by atoms with Gasteiger partial charge >= 0.3 is 0 Å². The molecular weight excluding hydrogens is 409 g/mol. The summed E-state index contributed by atoms with van der Waals surface area (Å²) in [6.45, 7) is 3.46. The highest BCUT2D eigenvalue weighted by atomic mass is 19.1. The molecule has 1 atom stereocenters. The molecule has 1 aromatic heterocycles. The quantitative estimate of drug-likeness (QED) is 0.678. The predicted molar refractivity (Wildman–Crippen MR) is 119 cm³/mol. The number of carbonyl (C=O) groups is 2. The summed E-state index contributed by atoms with van der Waals surface area (Å²) in [6, 6.07) is 11.9. The van der Waals surface area contributed by atoms with Crippen LogP contribution >= 0.6 is 0 Å². The first-order valence-corrected chi connectivity index (χ1v) is 10.9. The van der Waals surface area contributed by atoms with E-state index in [-0.39, 0.29) is 17.6 Å². The van der Waals surface area contributed by atoms with Gasteiger partial charge in [0.15, 0.2) is 0 Å². The van der Waals surface area contributed by atoms with Gasteiger partial charge in [0.1, 0.15) is 11.9 Å². The number of halogens is 1. The van der Waals surface area contributed by atoms with Crippen LogP contribution in [0.3, 0.4) is 0 Å². The fourth-order valence-corrected chi connectivity index (χ4v) is 4.50. The molecule has 0 unspecified atom stereocenters. The molecule has 32 heavy (non-hydrogen) atoms. The van der Waals surface area contributed by atoms with E-state index in [4.69, 9.17) is 4.74 Å². The van der Waals surface area contributed by atoms with Crippen molar-refractivity contribution in [1.82, 2.24) is 9.88 Å². The number of pyridine rings is 1. The Kier molecular flexibility index (Phi) is 5.35. The van der Waals surface area contributed by atoms with Crippen molar-refractivity contribution in [2.75, 3.05) is 18.5 Å². The Balaban J connectivity index is 1.38. The van der Waals surface area contributed by atoms with Crippen LogP contribution in [0.1, 0.15) is 40.0 Å². The molecule has 0 aliphatic carbocycles. The fraction of sp³-hybridized carbons (Fsp3) is 0.320. The van der Waals surface area contributed by atoms with Crippen molar-refractivity contribution in [1.29, 1.82) is 0 Å². The smallest absolute Gasteiger partial charge is 0.254 e. The maximum absolute atomic E-state index is 13.7. The van der Waals surface area contributed by atoms with Crippen molar-refractivity contribution in [2.24, 2.45) is 0 Å². The number of hydrogen-bond donors (Lipinski definition) is 1. The summed E-state index contributed by atoms with van der Waals surface area (Å²) >= 11 is 0. The number of aromatic nitrogens is 1. The molecular formula is C25H24FN3O3. The van der Waals surface area contributed by atoms with Crippen LogP contribution in [0.5, 0.6) is 0 Å². The Bertz CT molecular complexity index is 1220. The maximum Gasteiger partial charge on any atom is 0.254 e. The first-order valence-electron chi connectivity index (χ1n) is 10.9. The first kappa shape index (κ1) is 20.6. The van der Waals surface area contributed by atoms with Gasteiger partial charge in [-0.25, -0.2) is 4.39 Å². The highest BCUT2D eigenvalue weighted by molar-refractivity contribution is 6.06. The van der Waals surface area contributed by atoms with Crippen LogP contribution < -0.4 is 5.32 Å². The second kappa shape index (κ2) is 8.31. The van der Waals surface area contributed by atoms with Gasteiger partial charge in [-0.05, 0) is 67.6 Å². The third-order valence-corrected chi connectivity index (χ3v) is 6.13. The second-order valence-electron chi connectivity index (χ2n) is 8.42. The van der Waals surface area contributed by atoms with E-state index in [0.717, 1.165) is 24.8 Å². The largest absolute Gasteiger partial charge is 0.368 e. The molecule has 0 radical (unpaired) electrons. The van der Waals surface area contributed by atoms with Crippen LogP contribution in [-0.2, 0) is 22.5 Å². The number of amides is 2. The van der Waals surface area contributed by atoms with Gasteiger partial charge in [0.05, 0.1) is 11.1 Å². The summed E-state index contributed by atoms with van der Waals surface area (Å²) in [4.78, 5) is 32.0. The highest BCUT2D eigenvalue weighted by Crippen LogP contribution is 2.27. The monoisotopic (exact) mass is 433 g/mol. The standard InChI is InChI=1S/C25H24FN3O3/c1-15-11-21(20-7-5-18(26)13-22(20)27-15)25(31)29-9-8-16-4-6-19(12-17(16)14-29)28-24(30)23-3-2-10-32-23/h4-7,11-13,23H,2-3,8-10,14H2,1H3,(H,28,30)/t23-/m0/s1. The molecule has 0 bridgehead atoms. The van der Waals surface area contributed by atoms with E-state index in [1.54, 1.807) is 24.0 Å². The van der Waals surface area contributed by atoms with Crippen LogP contribution in [-0.4, -0.2) is 41.0 Å². The summed E-state index contributed by atoms with van der Waals surface area (Å²) in [7, 11) is 0. The van der Waals surface area contributed by atoms with Gasteiger partial charge in [-0.2, -0.15) is 0 Å². The van der Waals surface area contributed by atoms with Crippen LogP contribution in [0, 0.1) is 12.7 Å². The molecule has 1 N–H and O–H groups in total. The lowest BCUT2D eigenvalue weighted by molar-refractivity contribution is -0.124. The van der Waals surface area contributed by atoms with Gasteiger partial charge in [-0.1, -0.05) is 6.07 Å². The summed E-state index contributed by atoms with van der Waals surface area (Å²) in [5.74, 6) is -0.609. The summed E-state index contributed by atoms with van der Waals surface area (Å²) < 4.78 is 19.1. The number of anilines is 1. The van der Waals surface area contributed by atoms with Crippen molar-refractivity contribution in [3.8, 4) is 0 Å². The first-order chi connectivity index (χ1) is 15.5. The van der Waals surface area contributed by atoms with Crippen molar-refractivity contribution >= 4 is 28.4 Å². The van der Waals surface area contributed by atoms with Gasteiger partial charge in [0.25, 0.3) is 11.8 Å². The molecule has 2 amide bonds. The Labute approximate surface area is 185 Å². The molecule has 6 nitrogen and oxygen atoms in total. The number of rotatable bonds is 3. The second-order valence-corrected chi connectivity index (χ2v) is 8.42. The van der Waals surface area contributed by atoms with Crippen molar-refractivity contribution < 1.29 is 18.7 Å². The third-order valence-electron chi connectivity index (χ3n) is 6.13. The molecule has 3 heterocycles. The van der Waals surface area contributed by atoms with Crippen LogP contribution in [0.25, 0.3) is 10.9 Å². The van der Waals surface area contributed by atoms with E-state index in [9.17, 15) is 14.0 Å². The van der Waals surface area contributed by atoms with Gasteiger partial charge in [0, 0.05) is 42.5 Å². The zero-order valence-electron chi connectivity index (χ0n) is 17.9. The number of nitrogens with zero attached hydrogens (tertiary/aromatic N) is 2. The van der Waals surface area contributed by atoms with E-state index in [2.05, 4.69) is 10.3 Å². The molecule has 1 saturated heterocycles. The molecule has 2 aliphatic rings. The SMILES string of the molecule is Cc1cc(C(=O)N2CCc3ccc(NC(=O)[C@@H]4CCCO4)cc3C2)c2ccc(F)cc2n1. The van der Waals surface area contributed by atoms with Crippen LogP contribution in [0.15, 0.2) is 42.5 Å². The molecule has 3 aromatic rings. The summed E-state index contributed by atoms with van der Waals surface area (Å²) in [6.07, 6.45) is 1.98. The minimum Gasteiger partial charge on any atom is -0.368 e. The number of carbonyl (C=O) groups excluding carboxylic acids is 2. The lowest BCUT2D eigenvalue weighted by Gasteiger charge is -2.30. The van der Waals surface area contributed by atoms with Gasteiger partial charge in [-0.15, -0.1) is 0 Å². The van der Waals surface area contributed by atoms with Crippen molar-refractivity contribution in [3.05, 3.63) is 70.7 Å². The number of hydrogen-bond acceptors (Lipinski definition) is 4. The number of aryl methyl sites for hydroxylation is 1. The number of benzene rings is 2. The summed E-state index contributed by atoms with van der Waals surface area (Å²) in [5.41, 5.74) is 4.56. The lowest BCUT2D eigenvalue weighted by Crippen LogP contribution is -2.36. The molecule has 2 aliphatic heterocycles. The Morgan fingerprint density at radius 3 is 2.84 bits per heavy atom. The van der Waals surface area contributed by atoms with Gasteiger partial charge < -0.3 is 15.0 Å². The Hall–Kier alpha value is -3.32. The highest BCUT2D eigenvalue weighted by Gasteiger charge is 2.26. The molecule has 1 fully saturated rings. The van der Waals surface area contributed by atoms with Crippen LogP contribution in [0.2, 0.25) is 0 Å². The maximum atomic E-state index is 13.7. The molecule has 164 valence electrons. The normalized spacial score (nSPS) is 17.9. The summed E-state index contributed by atoms with van der Waals surface area (Å²) in [5, 5.41) is 3.58. The van der Waals surface area contributed by atoms with Crippen molar-refractivity contribution in [3.63, 3.8) is 0 Å². The average molecular weight is 433 g/mol. The number of fused-ring (bicyclic) bond motifs is 2. The molecule has 2 aromatic carbocycles. The Morgan fingerprint density at radius 1 is 1.16 bits per heavy atom. The van der Waals surface area contributed by atoms with Crippen molar-refractivity contribution in [2.45, 2.75) is 38.8 Å². The third kappa shape index (κ3) is 3.96. The van der Waals surface area contributed by atoms with E-state index in [1.807, 2.05) is 18.2 Å². The van der Waals surface area contributed by atoms with Crippen LogP contribution in [0.4, 0.5) is 10.1 Å². The number of nitrogens with one attached hydrogen (secondary N) is 1. The molecule has 0 spiro atoms. The topological polar surface area (TPSA) is 71.5 Å². The van der Waals surface area contributed by atoms with E-state index < -0.39 is 6.10 Å². The molecule has 5 rings (SSSR count). The Morgan fingerprint density at radius 2 is 2.03 bits per heavy atom. The molecule has 7 heteroatoms. The van der Waals surface area contributed by atoms with E-state index >= 15 is 0 Å². The predicted octanol–water partition coefficient (Wildman–Crippen LogP) is 4.00. The van der Waals surface area contributed by atoms with E-state index in [1.165, 1.54) is 17.7 Å². The average Bonchev–Trinajstić information content (AvgIpc) is 3.32. The minimum absolute atomic E-state index is 0.105. The van der Waals surface area contributed by atoms with E-state index in [0.29, 0.717) is 47.5 Å². The minimum atomic E-state index is -0.392. The zero-order chi connectivity index (χ0) is 22.2. The van der Waals surface area contributed by atoms with Gasteiger partial charge in [-0.3, -0.25) is 14.6 Å². The zero-order valence-corrected chi connectivity index (χ0v) is 17.9. The molecule has 0 saturated carbocycles. The number of ether oxygens (including phenoxy) is 1. The fourth-order valence-electron chi connectivity index (χ4n) is 4.50.